The number of ether oxygens (including phenoxy) is 1. The van der Waals surface area contributed by atoms with E-state index in [0.29, 0.717) is 17.7 Å². The van der Waals surface area contributed by atoms with Crippen LogP contribution in [0.25, 0.3) is 0 Å². The molecule has 0 aliphatic carbocycles. The molecule has 1 unspecified atom stereocenters. The lowest BCUT2D eigenvalue weighted by Crippen LogP contribution is -2.50. The summed E-state index contributed by atoms with van der Waals surface area (Å²) in [7, 11) is 0. The van der Waals surface area contributed by atoms with Gasteiger partial charge >= 0.3 is 0 Å². The molecule has 1 atom stereocenters. The number of nitrogens with zero attached hydrogens (tertiary/aromatic N) is 1. The summed E-state index contributed by atoms with van der Waals surface area (Å²) in [6.45, 7) is 7.11. The van der Waals surface area contributed by atoms with Gasteiger partial charge in [0.15, 0.2) is 0 Å². The van der Waals surface area contributed by atoms with Crippen LogP contribution in [0.2, 0.25) is 5.02 Å². The zero-order valence-electron chi connectivity index (χ0n) is 10.5. The first-order valence-electron chi connectivity index (χ1n) is 6.19. The van der Waals surface area contributed by atoms with Crippen LogP contribution in [-0.2, 0) is 0 Å². The van der Waals surface area contributed by atoms with E-state index in [-0.39, 0.29) is 0 Å². The Morgan fingerprint density at radius 2 is 2.39 bits per heavy atom. The standard InChI is InChI=1S/C13H18BrClN2O/c1-10-9-17(5-4-16-10)6-7-18-13-3-2-11(15)8-12(13)14/h2-3,8,10,16H,4-7,9H2,1H3. The number of hydrogen-bond donors (Lipinski definition) is 1. The highest BCUT2D eigenvalue weighted by atomic mass is 79.9. The smallest absolute Gasteiger partial charge is 0.133 e. The third-order valence-corrected chi connectivity index (χ3v) is 3.87. The van der Waals surface area contributed by atoms with Gasteiger partial charge in [0.25, 0.3) is 0 Å². The van der Waals surface area contributed by atoms with Crippen molar-refractivity contribution in [2.45, 2.75) is 13.0 Å². The average molecular weight is 334 g/mol. The van der Waals surface area contributed by atoms with Gasteiger partial charge in [0, 0.05) is 37.2 Å². The molecule has 1 saturated heterocycles. The number of benzene rings is 1. The highest BCUT2D eigenvalue weighted by Crippen LogP contribution is 2.27. The quantitative estimate of drug-likeness (QED) is 0.917. The van der Waals surface area contributed by atoms with Crippen molar-refractivity contribution in [3.8, 4) is 5.75 Å². The molecule has 1 heterocycles. The minimum atomic E-state index is 0.570. The van der Waals surface area contributed by atoms with E-state index in [4.69, 9.17) is 16.3 Å². The van der Waals surface area contributed by atoms with Gasteiger partial charge in [0.2, 0.25) is 0 Å². The maximum Gasteiger partial charge on any atom is 0.133 e. The van der Waals surface area contributed by atoms with Crippen LogP contribution < -0.4 is 10.1 Å². The summed E-state index contributed by atoms with van der Waals surface area (Å²) in [5, 5.41) is 4.14. The summed E-state index contributed by atoms with van der Waals surface area (Å²) in [5.41, 5.74) is 0. The Kier molecular flexibility index (Phi) is 5.30. The summed E-state index contributed by atoms with van der Waals surface area (Å²) >= 11 is 9.34. The Morgan fingerprint density at radius 1 is 1.56 bits per heavy atom. The Labute approximate surface area is 122 Å². The maximum absolute atomic E-state index is 5.89. The number of rotatable bonds is 4. The molecule has 1 aliphatic heterocycles. The van der Waals surface area contributed by atoms with Crippen molar-refractivity contribution in [2.75, 3.05) is 32.8 Å². The van der Waals surface area contributed by atoms with Gasteiger partial charge in [-0.25, -0.2) is 0 Å². The summed E-state index contributed by atoms with van der Waals surface area (Å²) in [5.74, 6) is 0.850. The normalized spacial score (nSPS) is 20.9. The second-order valence-corrected chi connectivity index (χ2v) is 5.87. The number of halogens is 2. The fraction of sp³-hybridized carbons (Fsp3) is 0.538. The number of hydrogen-bond acceptors (Lipinski definition) is 3. The first-order valence-corrected chi connectivity index (χ1v) is 7.36. The molecule has 5 heteroatoms. The molecular weight excluding hydrogens is 316 g/mol. The summed E-state index contributed by atoms with van der Waals surface area (Å²) < 4.78 is 6.67. The second kappa shape index (κ2) is 6.75. The SMILES string of the molecule is CC1CN(CCOc2ccc(Cl)cc2Br)CCN1. The van der Waals surface area contributed by atoms with Crippen LogP contribution in [-0.4, -0.2) is 43.7 Å². The van der Waals surface area contributed by atoms with Crippen molar-refractivity contribution >= 4 is 27.5 Å². The van der Waals surface area contributed by atoms with Crippen molar-refractivity contribution in [1.82, 2.24) is 10.2 Å². The van der Waals surface area contributed by atoms with Crippen LogP contribution in [0, 0.1) is 0 Å². The summed E-state index contributed by atoms with van der Waals surface area (Å²) in [6.07, 6.45) is 0. The predicted octanol–water partition coefficient (Wildman–Crippen LogP) is 2.78. The van der Waals surface area contributed by atoms with Crippen molar-refractivity contribution in [3.63, 3.8) is 0 Å². The van der Waals surface area contributed by atoms with Crippen LogP contribution >= 0.6 is 27.5 Å². The molecule has 0 amide bonds. The molecule has 1 fully saturated rings. The van der Waals surface area contributed by atoms with Crippen molar-refractivity contribution < 1.29 is 4.74 Å². The molecule has 0 aromatic heterocycles. The zero-order chi connectivity index (χ0) is 13.0. The fourth-order valence-corrected chi connectivity index (χ4v) is 2.89. The van der Waals surface area contributed by atoms with E-state index in [1.165, 1.54) is 0 Å². The zero-order valence-corrected chi connectivity index (χ0v) is 12.8. The van der Waals surface area contributed by atoms with Gasteiger partial charge in [-0.2, -0.15) is 0 Å². The highest BCUT2D eigenvalue weighted by molar-refractivity contribution is 9.10. The van der Waals surface area contributed by atoms with Crippen molar-refractivity contribution in [1.29, 1.82) is 0 Å². The van der Waals surface area contributed by atoms with E-state index >= 15 is 0 Å². The van der Waals surface area contributed by atoms with E-state index in [2.05, 4.69) is 33.1 Å². The monoisotopic (exact) mass is 332 g/mol. The molecule has 18 heavy (non-hydrogen) atoms. The lowest BCUT2D eigenvalue weighted by Gasteiger charge is -2.31. The Bertz CT molecular complexity index is 403. The molecule has 1 aliphatic rings. The van der Waals surface area contributed by atoms with Crippen molar-refractivity contribution in [2.24, 2.45) is 0 Å². The van der Waals surface area contributed by atoms with E-state index in [1.807, 2.05) is 18.2 Å². The summed E-state index contributed by atoms with van der Waals surface area (Å²) in [4.78, 5) is 2.42. The largest absolute Gasteiger partial charge is 0.491 e. The Hall–Kier alpha value is -0.290. The van der Waals surface area contributed by atoms with Gasteiger partial charge < -0.3 is 10.1 Å². The van der Waals surface area contributed by atoms with E-state index < -0.39 is 0 Å². The first kappa shape index (κ1) is 14.1. The molecule has 0 bridgehead atoms. The molecule has 0 spiro atoms. The predicted molar refractivity (Wildman–Crippen MR) is 78.6 cm³/mol. The number of nitrogens with one attached hydrogen (secondary N) is 1. The molecule has 0 radical (unpaired) electrons. The third kappa shape index (κ3) is 4.12. The van der Waals surface area contributed by atoms with Gasteiger partial charge in [0.1, 0.15) is 12.4 Å². The Balaban J connectivity index is 1.77. The maximum atomic E-state index is 5.89. The molecule has 1 aromatic rings. The topological polar surface area (TPSA) is 24.5 Å². The van der Waals surface area contributed by atoms with Crippen molar-refractivity contribution in [3.05, 3.63) is 27.7 Å². The van der Waals surface area contributed by atoms with E-state index in [0.717, 1.165) is 36.4 Å². The molecule has 3 nitrogen and oxygen atoms in total. The fourth-order valence-electron chi connectivity index (χ4n) is 2.09. The summed E-state index contributed by atoms with van der Waals surface area (Å²) in [6, 6.07) is 6.16. The molecule has 2 rings (SSSR count). The number of piperazine rings is 1. The van der Waals surface area contributed by atoms with E-state index in [9.17, 15) is 0 Å². The lowest BCUT2D eigenvalue weighted by molar-refractivity contribution is 0.170. The van der Waals surface area contributed by atoms with Crippen LogP contribution in [0.5, 0.6) is 5.75 Å². The van der Waals surface area contributed by atoms with Gasteiger partial charge in [-0.3, -0.25) is 4.90 Å². The highest BCUT2D eigenvalue weighted by Gasteiger charge is 2.15. The van der Waals surface area contributed by atoms with Gasteiger partial charge in [-0.15, -0.1) is 0 Å². The third-order valence-electron chi connectivity index (χ3n) is 3.01. The van der Waals surface area contributed by atoms with Gasteiger partial charge in [0.05, 0.1) is 4.47 Å². The molecule has 1 aromatic carbocycles. The molecular formula is C13H18BrClN2O. The lowest BCUT2D eigenvalue weighted by atomic mass is 10.2. The van der Waals surface area contributed by atoms with Crippen LogP contribution in [0.1, 0.15) is 6.92 Å². The van der Waals surface area contributed by atoms with Crippen LogP contribution in [0.3, 0.4) is 0 Å². The minimum absolute atomic E-state index is 0.570. The molecule has 0 saturated carbocycles. The van der Waals surface area contributed by atoms with Gasteiger partial charge in [-0.1, -0.05) is 11.6 Å². The van der Waals surface area contributed by atoms with Crippen LogP contribution in [0.4, 0.5) is 0 Å². The molecule has 100 valence electrons. The van der Waals surface area contributed by atoms with E-state index in [1.54, 1.807) is 0 Å². The second-order valence-electron chi connectivity index (χ2n) is 4.58. The van der Waals surface area contributed by atoms with Gasteiger partial charge in [-0.05, 0) is 41.1 Å². The minimum Gasteiger partial charge on any atom is -0.491 e. The Morgan fingerprint density at radius 3 is 3.11 bits per heavy atom. The average Bonchev–Trinajstić information content (AvgIpc) is 2.32. The van der Waals surface area contributed by atoms with Crippen LogP contribution in [0.15, 0.2) is 22.7 Å². The first-order chi connectivity index (χ1) is 8.65. The molecule has 1 N–H and O–H groups in total.